The molecule has 1 heterocycles. The zero-order valence-corrected chi connectivity index (χ0v) is 9.45. The van der Waals surface area contributed by atoms with Crippen LogP contribution in [0.15, 0.2) is 12.4 Å². The average molecular weight is 241 g/mol. The molecule has 86 valence electrons. The van der Waals surface area contributed by atoms with E-state index in [4.69, 9.17) is 5.26 Å². The molecule has 0 atom stereocenters. The second kappa shape index (κ2) is 5.39. The van der Waals surface area contributed by atoms with Gasteiger partial charge in [0.05, 0.1) is 6.26 Å². The molecule has 0 saturated heterocycles. The van der Waals surface area contributed by atoms with E-state index in [0.717, 1.165) is 6.26 Å². The Balaban J connectivity index is 2.47. The highest BCUT2D eigenvalue weighted by atomic mass is 32.2. The van der Waals surface area contributed by atoms with Gasteiger partial charge in [0, 0.05) is 25.5 Å². The molecule has 0 aromatic carbocycles. The molecule has 7 nitrogen and oxygen atoms in total. The molecule has 0 aliphatic heterocycles. The lowest BCUT2D eigenvalue weighted by Gasteiger charge is -2.06. The summed E-state index contributed by atoms with van der Waals surface area (Å²) >= 11 is 0. The van der Waals surface area contributed by atoms with Crippen molar-refractivity contribution in [1.82, 2.24) is 14.7 Å². The molecule has 0 unspecified atom stereocenters. The van der Waals surface area contributed by atoms with E-state index in [9.17, 15) is 8.42 Å². The van der Waals surface area contributed by atoms with Gasteiger partial charge in [-0.25, -0.2) is 23.1 Å². The van der Waals surface area contributed by atoms with Crippen LogP contribution in [0.25, 0.3) is 0 Å². The molecular formula is C8H11N5O2S. The molecule has 1 aromatic heterocycles. The summed E-state index contributed by atoms with van der Waals surface area (Å²) in [7, 11) is -3.19. The summed E-state index contributed by atoms with van der Waals surface area (Å²) in [6.45, 7) is 0.556. The Hall–Kier alpha value is -1.72. The number of rotatable bonds is 5. The SMILES string of the molecule is CS(=O)(=O)NCCNc1nccnc1C#N. The molecule has 0 fully saturated rings. The van der Waals surface area contributed by atoms with Crippen molar-refractivity contribution in [3.8, 4) is 6.07 Å². The summed E-state index contributed by atoms with van der Waals surface area (Å²) in [6, 6.07) is 1.88. The lowest BCUT2D eigenvalue weighted by atomic mass is 10.4. The maximum Gasteiger partial charge on any atom is 0.208 e. The molecule has 0 amide bonds. The molecule has 8 heteroatoms. The third-order valence-corrected chi connectivity index (χ3v) is 2.31. The van der Waals surface area contributed by atoms with Crippen LogP contribution in [0.4, 0.5) is 5.82 Å². The van der Waals surface area contributed by atoms with Gasteiger partial charge in [0.2, 0.25) is 10.0 Å². The Kier molecular flexibility index (Phi) is 4.16. The Morgan fingerprint density at radius 2 is 2.06 bits per heavy atom. The molecule has 1 aromatic rings. The van der Waals surface area contributed by atoms with Crippen LogP contribution in [0.2, 0.25) is 0 Å². The van der Waals surface area contributed by atoms with Crippen LogP contribution in [0.1, 0.15) is 5.69 Å². The highest BCUT2D eigenvalue weighted by Crippen LogP contribution is 2.04. The summed E-state index contributed by atoms with van der Waals surface area (Å²) in [4.78, 5) is 7.71. The number of sulfonamides is 1. The van der Waals surface area contributed by atoms with Crippen LogP contribution in [0.3, 0.4) is 0 Å². The van der Waals surface area contributed by atoms with Gasteiger partial charge in [0.15, 0.2) is 11.5 Å². The van der Waals surface area contributed by atoms with Crippen LogP contribution in [0, 0.1) is 11.3 Å². The number of hydrogen-bond acceptors (Lipinski definition) is 6. The minimum atomic E-state index is -3.19. The minimum absolute atomic E-state index is 0.182. The normalized spacial score (nSPS) is 10.8. The monoisotopic (exact) mass is 241 g/mol. The molecule has 2 N–H and O–H groups in total. The fourth-order valence-electron chi connectivity index (χ4n) is 0.967. The Bertz CT molecular complexity index is 493. The summed E-state index contributed by atoms with van der Waals surface area (Å²) in [5.74, 6) is 0.348. The van der Waals surface area contributed by atoms with Crippen molar-refractivity contribution in [2.75, 3.05) is 24.7 Å². The van der Waals surface area contributed by atoms with Crippen LogP contribution in [-0.2, 0) is 10.0 Å². The van der Waals surface area contributed by atoms with Gasteiger partial charge in [-0.15, -0.1) is 0 Å². The van der Waals surface area contributed by atoms with Crippen LogP contribution >= 0.6 is 0 Å². The third-order valence-electron chi connectivity index (χ3n) is 1.59. The van der Waals surface area contributed by atoms with E-state index >= 15 is 0 Å². The number of nitriles is 1. The standard InChI is InChI=1S/C8H11N5O2S/c1-16(14,15)13-5-4-12-8-7(6-9)10-2-3-11-8/h2-3,13H,4-5H2,1H3,(H,11,12). The second-order valence-electron chi connectivity index (χ2n) is 2.96. The molecule has 0 aliphatic carbocycles. The first kappa shape index (κ1) is 12.4. The van der Waals surface area contributed by atoms with E-state index in [1.54, 1.807) is 0 Å². The van der Waals surface area contributed by atoms with Gasteiger partial charge < -0.3 is 5.32 Å². The fraction of sp³-hybridized carbons (Fsp3) is 0.375. The molecular weight excluding hydrogens is 230 g/mol. The Labute approximate surface area is 93.6 Å². The van der Waals surface area contributed by atoms with E-state index in [-0.39, 0.29) is 12.2 Å². The maximum absolute atomic E-state index is 10.7. The fourth-order valence-corrected chi connectivity index (χ4v) is 1.44. The number of nitrogens with zero attached hydrogens (tertiary/aromatic N) is 3. The lowest BCUT2D eigenvalue weighted by Crippen LogP contribution is -2.28. The Morgan fingerprint density at radius 1 is 1.38 bits per heavy atom. The van der Waals surface area contributed by atoms with Gasteiger partial charge in [0.1, 0.15) is 6.07 Å². The topological polar surface area (TPSA) is 108 Å². The van der Waals surface area contributed by atoms with Crippen molar-refractivity contribution in [2.45, 2.75) is 0 Å². The molecule has 1 rings (SSSR count). The zero-order valence-electron chi connectivity index (χ0n) is 8.64. The predicted octanol–water partition coefficient (Wildman–Crippen LogP) is -0.691. The largest absolute Gasteiger partial charge is 0.366 e. The van der Waals surface area contributed by atoms with E-state index in [1.165, 1.54) is 12.4 Å². The van der Waals surface area contributed by atoms with Gasteiger partial charge in [-0.1, -0.05) is 0 Å². The van der Waals surface area contributed by atoms with E-state index in [0.29, 0.717) is 12.4 Å². The first-order chi connectivity index (χ1) is 7.53. The van der Waals surface area contributed by atoms with Crippen molar-refractivity contribution in [1.29, 1.82) is 5.26 Å². The van der Waals surface area contributed by atoms with Crippen LogP contribution in [-0.4, -0.2) is 37.7 Å². The summed E-state index contributed by atoms with van der Waals surface area (Å²) in [6.07, 6.45) is 3.95. The minimum Gasteiger partial charge on any atom is -0.366 e. The molecule has 0 aliphatic rings. The van der Waals surface area contributed by atoms with E-state index < -0.39 is 10.0 Å². The lowest BCUT2D eigenvalue weighted by molar-refractivity contribution is 0.589. The van der Waals surface area contributed by atoms with Crippen molar-refractivity contribution in [3.05, 3.63) is 18.1 Å². The first-order valence-electron chi connectivity index (χ1n) is 4.42. The first-order valence-corrected chi connectivity index (χ1v) is 6.31. The van der Waals surface area contributed by atoms with Crippen molar-refractivity contribution < 1.29 is 8.42 Å². The van der Waals surface area contributed by atoms with Gasteiger partial charge >= 0.3 is 0 Å². The predicted molar refractivity (Wildman–Crippen MR) is 58.1 cm³/mol. The molecule has 0 bridgehead atoms. The number of anilines is 1. The van der Waals surface area contributed by atoms with Crippen LogP contribution in [0.5, 0.6) is 0 Å². The van der Waals surface area contributed by atoms with Crippen LogP contribution < -0.4 is 10.0 Å². The molecule has 0 saturated carbocycles. The second-order valence-corrected chi connectivity index (χ2v) is 4.79. The van der Waals surface area contributed by atoms with Gasteiger partial charge in [0.25, 0.3) is 0 Å². The van der Waals surface area contributed by atoms with Crippen molar-refractivity contribution >= 4 is 15.8 Å². The molecule has 16 heavy (non-hydrogen) atoms. The average Bonchev–Trinajstić information content (AvgIpc) is 2.23. The highest BCUT2D eigenvalue weighted by molar-refractivity contribution is 7.88. The maximum atomic E-state index is 10.7. The van der Waals surface area contributed by atoms with E-state index in [2.05, 4.69) is 20.0 Å². The Morgan fingerprint density at radius 3 is 2.69 bits per heavy atom. The van der Waals surface area contributed by atoms with Gasteiger partial charge in [-0.3, -0.25) is 0 Å². The molecule has 0 radical (unpaired) electrons. The summed E-state index contributed by atoms with van der Waals surface area (Å²) in [5, 5.41) is 11.5. The van der Waals surface area contributed by atoms with Gasteiger partial charge in [-0.2, -0.15) is 5.26 Å². The van der Waals surface area contributed by atoms with E-state index in [1.807, 2.05) is 6.07 Å². The van der Waals surface area contributed by atoms with Crippen molar-refractivity contribution in [3.63, 3.8) is 0 Å². The van der Waals surface area contributed by atoms with Crippen molar-refractivity contribution in [2.24, 2.45) is 0 Å². The highest BCUT2D eigenvalue weighted by Gasteiger charge is 2.03. The third kappa shape index (κ3) is 4.20. The molecule has 0 spiro atoms. The smallest absolute Gasteiger partial charge is 0.208 e. The number of nitrogens with one attached hydrogen (secondary N) is 2. The summed E-state index contributed by atoms with van der Waals surface area (Å²) < 4.78 is 23.8. The summed E-state index contributed by atoms with van der Waals surface area (Å²) in [5.41, 5.74) is 0.182. The number of aromatic nitrogens is 2. The number of hydrogen-bond donors (Lipinski definition) is 2. The zero-order chi connectivity index (χ0) is 12.0. The van der Waals surface area contributed by atoms with Gasteiger partial charge in [-0.05, 0) is 0 Å². The quantitative estimate of drug-likeness (QED) is 0.660.